The van der Waals surface area contributed by atoms with E-state index in [9.17, 15) is 211 Å². The summed E-state index contributed by atoms with van der Waals surface area (Å²) in [6.45, 7) is 0. The molecule has 0 bridgehead atoms. The smallest absolute Gasteiger partial charge is 0.223 e. The van der Waals surface area contributed by atoms with Gasteiger partial charge in [0.1, 0.15) is 0 Å². The fraction of sp³-hybridized carbons (Fsp3) is 1.00. The van der Waals surface area contributed by atoms with Crippen LogP contribution in [0.2, 0.25) is 0 Å². The van der Waals surface area contributed by atoms with Gasteiger partial charge in [0, 0.05) is 0 Å². The zero-order chi connectivity index (χ0) is 65.0. The van der Waals surface area contributed by atoms with Crippen molar-refractivity contribution in [3.05, 3.63) is 0 Å². The molecular weight excluding hydrogens is 1300 g/mol. The average molecular weight is 1300 g/mol. The Morgan fingerprint density at radius 1 is 0.128 bits per heavy atom. The van der Waals surface area contributed by atoms with Crippen LogP contribution in [0.3, 0.4) is 0 Å². The van der Waals surface area contributed by atoms with Crippen molar-refractivity contribution in [2.75, 3.05) is 0 Å². The van der Waals surface area contributed by atoms with Gasteiger partial charge in [-0.25, -0.2) is 8.78 Å². The van der Waals surface area contributed by atoms with E-state index in [2.05, 4.69) is 0 Å². The highest BCUT2D eigenvalue weighted by Gasteiger charge is 3.13. The van der Waals surface area contributed by atoms with Gasteiger partial charge in [-0.15, -0.1) is 0 Å². The lowest BCUT2D eigenvalue weighted by atomic mass is 9.59. The Labute approximate surface area is 383 Å². The summed E-state index contributed by atoms with van der Waals surface area (Å²) in [4.78, 5) is 0. The number of hydrogen-bond acceptors (Lipinski definition) is 0. The van der Waals surface area contributed by atoms with Crippen LogP contribution in [-0.4, -0.2) is 154 Å². The lowest BCUT2D eigenvalue weighted by Crippen LogP contribution is -2.94. The Balaban J connectivity index is 4.73. The first kappa shape index (κ1) is 72.4. The van der Waals surface area contributed by atoms with E-state index in [1.54, 1.807) is 0 Å². The first-order valence-electron chi connectivity index (χ1n) is 16.3. The predicted octanol–water partition coefficient (Wildman–Crippen LogP) is 16.5. The molecule has 1 fully saturated rings. The highest BCUT2D eigenvalue weighted by Crippen LogP contribution is 2.80. The minimum absolute atomic E-state index is 8.73. The van der Waals surface area contributed by atoms with E-state index in [4.69, 9.17) is 0 Å². The summed E-state index contributed by atoms with van der Waals surface area (Å²) in [5.41, 5.74) is -23.3. The molecule has 0 aliphatic heterocycles. The van der Waals surface area contributed by atoms with Gasteiger partial charge in [0.05, 0.1) is 0 Å². The molecule has 0 nitrogen and oxygen atoms in total. The molecule has 52 heteroatoms. The lowest BCUT2D eigenvalue weighted by molar-refractivity contribution is -0.540. The first-order chi connectivity index (χ1) is 32.5. The molecule has 0 saturated heterocycles. The molecule has 1 saturated carbocycles. The Hall–Kier alpha value is -3.64. The van der Waals surface area contributed by atoms with Crippen LogP contribution >= 0.6 is 0 Å². The van der Waals surface area contributed by atoms with Crippen molar-refractivity contribution in [3.63, 3.8) is 0 Å². The van der Waals surface area contributed by atoms with Gasteiger partial charge in [0.25, 0.3) is 0 Å². The molecule has 0 aromatic rings. The normalized spacial score (nSPS) is 24.2. The van der Waals surface area contributed by atoms with Gasteiger partial charge in [-0.2, -0.15) is 220 Å². The standard InChI is InChI=1S/C26F52/c27-1(6(35,36)9(41,42)11(45,46)13(49,50)15(53,54)17(57,58)19(61,62)21(65,66)23(69,70)25(73,74)75)3(29,30)2(28,5(33,34)8(39,40)4(1,31)32)7(37,38)10(43,44)12(47,48)14(51,52)16(55,56)18(59,60)20(63,64)22(67,68)24(71,72)26(76,77)78. The second-order valence-corrected chi connectivity index (χ2v) is 14.9. The molecule has 468 valence electrons. The predicted molar refractivity (Wildman–Crippen MR) is 129 cm³/mol. The molecule has 0 aromatic carbocycles. The molecule has 2 unspecified atom stereocenters. The van der Waals surface area contributed by atoms with E-state index in [1.807, 2.05) is 0 Å². The topological polar surface area (TPSA) is 0 Å². The van der Waals surface area contributed by atoms with Crippen molar-refractivity contribution in [1.82, 2.24) is 0 Å². The van der Waals surface area contributed by atoms with Crippen LogP contribution in [0.5, 0.6) is 0 Å². The molecule has 0 heterocycles. The summed E-state index contributed by atoms with van der Waals surface area (Å²) in [5, 5.41) is 0. The second-order valence-electron chi connectivity index (χ2n) is 14.9. The van der Waals surface area contributed by atoms with Crippen molar-refractivity contribution in [3.8, 4) is 0 Å². The van der Waals surface area contributed by atoms with Gasteiger partial charge < -0.3 is 0 Å². The van der Waals surface area contributed by atoms with Crippen LogP contribution < -0.4 is 0 Å². The number of halogens is 52. The fourth-order valence-electron chi connectivity index (χ4n) is 5.60. The molecule has 1 aliphatic rings. The molecule has 0 N–H and O–H groups in total. The minimum atomic E-state index is -11.6. The van der Waals surface area contributed by atoms with Crippen molar-refractivity contribution in [2.24, 2.45) is 0 Å². The fourth-order valence-corrected chi connectivity index (χ4v) is 5.60. The summed E-state index contributed by atoms with van der Waals surface area (Å²) >= 11 is 0. The quantitative estimate of drug-likeness (QED) is 0.120. The maximum absolute atomic E-state index is 15.5. The Kier molecular flexibility index (Phi) is 15.4. The molecule has 0 aromatic heterocycles. The van der Waals surface area contributed by atoms with Crippen molar-refractivity contribution in [1.29, 1.82) is 0 Å². The highest BCUT2D eigenvalue weighted by molar-refractivity contribution is 5.39. The van der Waals surface area contributed by atoms with E-state index >= 15 is 17.6 Å². The highest BCUT2D eigenvalue weighted by atomic mass is 19.5. The zero-order valence-electron chi connectivity index (χ0n) is 32.7. The van der Waals surface area contributed by atoms with E-state index < -0.39 is 154 Å². The average Bonchev–Trinajstić information content (AvgIpc) is 3.19. The van der Waals surface area contributed by atoms with Crippen molar-refractivity contribution in [2.45, 2.75) is 154 Å². The molecule has 1 aliphatic carbocycles. The number of alkyl halides is 52. The van der Waals surface area contributed by atoms with Crippen LogP contribution in [0.4, 0.5) is 228 Å². The number of rotatable bonds is 18. The van der Waals surface area contributed by atoms with Crippen LogP contribution in [0.25, 0.3) is 0 Å². The Morgan fingerprint density at radius 3 is 0.372 bits per heavy atom. The second kappa shape index (κ2) is 16.5. The van der Waals surface area contributed by atoms with Crippen LogP contribution in [-0.2, 0) is 0 Å². The van der Waals surface area contributed by atoms with Gasteiger partial charge >= 0.3 is 154 Å². The van der Waals surface area contributed by atoms with Gasteiger partial charge in [-0.1, -0.05) is 0 Å². The first-order valence-corrected chi connectivity index (χ1v) is 16.3. The summed E-state index contributed by atoms with van der Waals surface area (Å²) in [6.07, 6.45) is -17.5. The molecule has 0 amide bonds. The van der Waals surface area contributed by atoms with E-state index in [1.165, 1.54) is 0 Å². The summed E-state index contributed by atoms with van der Waals surface area (Å²) in [5.74, 6) is -235. The number of hydrogen-bond donors (Lipinski definition) is 0. The van der Waals surface area contributed by atoms with E-state index in [0.29, 0.717) is 0 Å². The molecule has 78 heavy (non-hydrogen) atoms. The minimum Gasteiger partial charge on any atom is -0.223 e. The molecule has 1 rings (SSSR count). The van der Waals surface area contributed by atoms with Crippen LogP contribution in [0.1, 0.15) is 0 Å². The summed E-state index contributed by atoms with van der Waals surface area (Å²) < 4.78 is 724. The van der Waals surface area contributed by atoms with Gasteiger partial charge in [0.2, 0.25) is 0 Å². The SMILES string of the molecule is FC(F)(F)C(F)(F)C(F)(F)C(F)(F)C(F)(F)C(F)(F)C(F)(F)C(F)(F)C(F)(F)C(F)(F)C1(F)C(F)(F)C(F)(F)C(F)(F)C(F)(C(F)(F)C(F)(F)C(F)(F)C(F)(F)C(F)(F)C(F)(F)C(F)(F)C(F)(F)C(F)(F)C(F)(F)F)C1(F)F. The zero-order valence-corrected chi connectivity index (χ0v) is 32.7. The molecular formula is C26F52. The monoisotopic (exact) mass is 1300 g/mol. The lowest BCUT2D eigenvalue weighted by Gasteiger charge is -2.59. The molecule has 2 atom stereocenters. The largest absolute Gasteiger partial charge is 0.460 e. The van der Waals surface area contributed by atoms with E-state index in [-0.39, 0.29) is 0 Å². The molecule has 0 radical (unpaired) electrons. The summed E-state index contributed by atoms with van der Waals surface area (Å²) in [7, 11) is 0. The van der Waals surface area contributed by atoms with Gasteiger partial charge in [-0.05, 0) is 0 Å². The van der Waals surface area contributed by atoms with Crippen molar-refractivity contribution >= 4 is 0 Å². The maximum Gasteiger partial charge on any atom is 0.460 e. The Bertz CT molecular complexity index is 2090. The summed E-state index contributed by atoms with van der Waals surface area (Å²) in [6, 6.07) is 0. The van der Waals surface area contributed by atoms with Crippen molar-refractivity contribution < 1.29 is 228 Å². The van der Waals surface area contributed by atoms with Gasteiger partial charge in [-0.3, -0.25) is 0 Å². The third-order valence-corrected chi connectivity index (χ3v) is 10.4. The van der Waals surface area contributed by atoms with Crippen LogP contribution in [0, 0.1) is 0 Å². The van der Waals surface area contributed by atoms with Crippen LogP contribution in [0.15, 0.2) is 0 Å². The molecule has 0 spiro atoms. The Morgan fingerprint density at radius 2 is 0.244 bits per heavy atom. The van der Waals surface area contributed by atoms with Gasteiger partial charge in [0.15, 0.2) is 0 Å². The van der Waals surface area contributed by atoms with E-state index in [0.717, 1.165) is 0 Å². The third-order valence-electron chi connectivity index (χ3n) is 10.4. The maximum atomic E-state index is 15.5. The third kappa shape index (κ3) is 6.94.